The molecule has 2 aliphatic carbocycles. The Bertz CT molecular complexity index is 1300. The first-order valence-electron chi connectivity index (χ1n) is 15.7. The highest BCUT2D eigenvalue weighted by Gasteiger charge is 2.58. The fraction of sp³-hybridized carbons (Fsp3) is 0.625. The smallest absolute Gasteiger partial charge is 0.415 e. The third-order valence-corrected chi connectivity index (χ3v) is 9.00. The van der Waals surface area contributed by atoms with Crippen molar-refractivity contribution < 1.29 is 33.5 Å². The van der Waals surface area contributed by atoms with Crippen molar-refractivity contribution in [3.8, 4) is 0 Å². The molecule has 5 rings (SSSR count). The van der Waals surface area contributed by atoms with Crippen LogP contribution in [0.25, 0.3) is 0 Å². The molecule has 4 aliphatic rings. The molecule has 238 valence electrons. The number of hydrogen-bond acceptors (Lipinski definition) is 7. The number of carbonyl (C=O) groups excluding carboxylic acids is 6. The molecule has 44 heavy (non-hydrogen) atoms. The minimum absolute atomic E-state index is 0.0771. The summed E-state index contributed by atoms with van der Waals surface area (Å²) in [6.07, 6.45) is 6.45. The van der Waals surface area contributed by atoms with Crippen LogP contribution in [0.2, 0.25) is 0 Å². The fourth-order valence-corrected chi connectivity index (χ4v) is 6.45. The number of likely N-dealkylation sites (tertiary alicyclic amines) is 1. The molecule has 1 aromatic rings. The monoisotopic (exact) mass is 609 g/mol. The lowest BCUT2D eigenvalue weighted by Gasteiger charge is -2.35. The van der Waals surface area contributed by atoms with Crippen LogP contribution in [0, 0.1) is 11.3 Å². The second kappa shape index (κ2) is 12.6. The molecule has 0 bridgehead atoms. The minimum Gasteiger partial charge on any atom is -0.439 e. The molecule has 12 heteroatoms. The van der Waals surface area contributed by atoms with E-state index < -0.39 is 52.8 Å². The predicted molar refractivity (Wildman–Crippen MR) is 160 cm³/mol. The molecule has 4 fully saturated rings. The van der Waals surface area contributed by atoms with Gasteiger partial charge in [0.2, 0.25) is 17.7 Å². The Labute approximate surface area is 257 Å². The van der Waals surface area contributed by atoms with Gasteiger partial charge >= 0.3 is 17.9 Å². The summed E-state index contributed by atoms with van der Waals surface area (Å²) >= 11 is 0. The molecule has 12 nitrogen and oxygen atoms in total. The number of nitrogens with one attached hydrogen (secondary N) is 3. The van der Waals surface area contributed by atoms with Gasteiger partial charge in [0, 0.05) is 24.6 Å². The quantitative estimate of drug-likeness (QED) is 0.401. The van der Waals surface area contributed by atoms with E-state index in [2.05, 4.69) is 16.0 Å². The third-order valence-electron chi connectivity index (χ3n) is 9.00. The first kappa shape index (κ1) is 31.5. The highest BCUT2D eigenvalue weighted by Crippen LogP contribution is 2.39. The van der Waals surface area contributed by atoms with Gasteiger partial charge in [0.1, 0.15) is 12.1 Å². The number of ether oxygens (including phenoxy) is 1. The molecule has 0 aromatic heterocycles. The van der Waals surface area contributed by atoms with Gasteiger partial charge in [-0.05, 0) is 49.1 Å². The largest absolute Gasteiger partial charge is 0.439 e. The molecule has 3 N–H and O–H groups in total. The number of rotatable bonds is 7. The summed E-state index contributed by atoms with van der Waals surface area (Å²) in [5, 5.41) is 7.63. The molecule has 2 aliphatic heterocycles. The van der Waals surface area contributed by atoms with Gasteiger partial charge in [-0.15, -0.1) is 0 Å². The predicted octanol–water partition coefficient (Wildman–Crippen LogP) is 2.41. The van der Waals surface area contributed by atoms with Crippen molar-refractivity contribution in [2.45, 2.75) is 102 Å². The Balaban J connectivity index is 1.37. The summed E-state index contributed by atoms with van der Waals surface area (Å²) in [5.41, 5.74) is -1.36. The van der Waals surface area contributed by atoms with Crippen molar-refractivity contribution in [3.05, 3.63) is 30.3 Å². The Morgan fingerprint density at radius 1 is 0.955 bits per heavy atom. The van der Waals surface area contributed by atoms with Gasteiger partial charge in [-0.3, -0.25) is 34.2 Å². The summed E-state index contributed by atoms with van der Waals surface area (Å²) in [6, 6.07) is 6.63. The van der Waals surface area contributed by atoms with E-state index in [1.807, 2.05) is 26.8 Å². The second-order valence-corrected chi connectivity index (χ2v) is 13.8. The molecule has 2 heterocycles. The Morgan fingerprint density at radius 2 is 1.64 bits per heavy atom. The summed E-state index contributed by atoms with van der Waals surface area (Å²) in [7, 11) is 0. The van der Waals surface area contributed by atoms with Crippen molar-refractivity contribution in [2.75, 3.05) is 18.0 Å². The van der Waals surface area contributed by atoms with E-state index in [0.29, 0.717) is 12.1 Å². The SMILES string of the molecule is CC(C)(C)[C@H](NC(=O)CC1CCCCC1)C(=O)N1C[C@@]2(C[C@H]1C(=O)NC(=O)C(=O)NC1CC1)CN(c1ccccc1)C(=O)O2. The molecule has 2 saturated heterocycles. The molecule has 6 amide bonds. The van der Waals surface area contributed by atoms with Crippen LogP contribution in [-0.2, 0) is 28.7 Å². The van der Waals surface area contributed by atoms with Crippen LogP contribution in [-0.4, -0.2) is 77.3 Å². The maximum atomic E-state index is 14.3. The number of imide groups is 1. The van der Waals surface area contributed by atoms with Crippen LogP contribution in [0.3, 0.4) is 0 Å². The zero-order valence-corrected chi connectivity index (χ0v) is 25.7. The first-order chi connectivity index (χ1) is 20.8. The van der Waals surface area contributed by atoms with E-state index in [9.17, 15) is 28.8 Å². The van der Waals surface area contributed by atoms with Gasteiger partial charge < -0.3 is 20.3 Å². The van der Waals surface area contributed by atoms with Crippen molar-refractivity contribution >= 4 is 41.3 Å². The summed E-state index contributed by atoms with van der Waals surface area (Å²) < 4.78 is 5.86. The average Bonchev–Trinajstić information content (AvgIpc) is 3.63. The van der Waals surface area contributed by atoms with Gasteiger partial charge in [-0.1, -0.05) is 58.2 Å². The lowest BCUT2D eigenvalue weighted by atomic mass is 9.84. The van der Waals surface area contributed by atoms with Crippen molar-refractivity contribution in [1.82, 2.24) is 20.9 Å². The zero-order valence-electron chi connectivity index (χ0n) is 25.7. The van der Waals surface area contributed by atoms with E-state index in [4.69, 9.17) is 4.74 Å². The maximum absolute atomic E-state index is 14.3. The minimum atomic E-state index is -1.24. The van der Waals surface area contributed by atoms with Gasteiger partial charge in [-0.2, -0.15) is 0 Å². The summed E-state index contributed by atoms with van der Waals surface area (Å²) in [5.74, 6) is -3.36. The fourth-order valence-electron chi connectivity index (χ4n) is 6.45. The number of hydrogen-bond donors (Lipinski definition) is 3. The van der Waals surface area contributed by atoms with E-state index in [1.165, 1.54) is 16.2 Å². The third kappa shape index (κ3) is 7.22. The summed E-state index contributed by atoms with van der Waals surface area (Å²) in [6.45, 7) is 5.45. The zero-order chi connectivity index (χ0) is 31.6. The normalized spacial score (nSPS) is 24.5. The van der Waals surface area contributed by atoms with Crippen LogP contribution in [0.4, 0.5) is 10.5 Å². The van der Waals surface area contributed by atoms with E-state index >= 15 is 0 Å². The highest BCUT2D eigenvalue weighted by molar-refractivity contribution is 6.38. The van der Waals surface area contributed by atoms with E-state index in [0.717, 1.165) is 38.5 Å². The molecule has 1 spiro atoms. The number of benzene rings is 1. The molecule has 2 saturated carbocycles. The van der Waals surface area contributed by atoms with Gasteiger partial charge in [0.05, 0.1) is 13.1 Å². The van der Waals surface area contributed by atoms with Crippen molar-refractivity contribution in [3.63, 3.8) is 0 Å². The van der Waals surface area contributed by atoms with Crippen LogP contribution in [0.15, 0.2) is 30.3 Å². The van der Waals surface area contributed by atoms with Crippen molar-refractivity contribution in [1.29, 1.82) is 0 Å². The topological polar surface area (TPSA) is 154 Å². The molecule has 0 unspecified atom stereocenters. The second-order valence-electron chi connectivity index (χ2n) is 13.8. The Morgan fingerprint density at radius 3 is 2.27 bits per heavy atom. The number of amides is 6. The molecular formula is C32H43N5O7. The maximum Gasteiger partial charge on any atom is 0.415 e. The van der Waals surface area contributed by atoms with Gasteiger partial charge in [-0.25, -0.2) is 4.79 Å². The van der Waals surface area contributed by atoms with Crippen molar-refractivity contribution in [2.24, 2.45) is 11.3 Å². The lowest BCUT2D eigenvalue weighted by molar-refractivity contribution is -0.147. The number of anilines is 1. The van der Waals surface area contributed by atoms with Gasteiger partial charge in [0.25, 0.3) is 0 Å². The molecular weight excluding hydrogens is 566 g/mol. The molecule has 0 radical (unpaired) electrons. The molecule has 3 atom stereocenters. The number of nitrogens with zero attached hydrogens (tertiary/aromatic N) is 2. The Kier molecular flexibility index (Phi) is 8.99. The van der Waals surface area contributed by atoms with Crippen LogP contribution in [0.1, 0.15) is 78.6 Å². The summed E-state index contributed by atoms with van der Waals surface area (Å²) in [4.78, 5) is 81.7. The average molecular weight is 610 g/mol. The standard InChI is InChI=1S/C32H43N5O7/c1-31(2,3)25(34-24(38)16-20-10-6-4-7-11-20)29(42)37-19-32(18-36(30(43)44-32)22-12-8-5-9-13-22)17-23(37)26(39)35-28(41)27(40)33-21-14-15-21/h5,8-9,12-13,20-21,23,25H,4,6-7,10-11,14-19H2,1-3H3,(H,33,40)(H,34,38)(H,35,39,41)/t23-,25+,32+/m0/s1. The molecule has 1 aromatic carbocycles. The van der Waals surface area contributed by atoms with Crippen LogP contribution >= 0.6 is 0 Å². The van der Waals surface area contributed by atoms with E-state index in [1.54, 1.807) is 24.3 Å². The van der Waals surface area contributed by atoms with Crippen LogP contribution < -0.4 is 20.9 Å². The van der Waals surface area contributed by atoms with Crippen LogP contribution in [0.5, 0.6) is 0 Å². The Hall–Kier alpha value is -3.96. The lowest BCUT2D eigenvalue weighted by Crippen LogP contribution is -2.58. The number of para-hydroxylation sites is 1. The van der Waals surface area contributed by atoms with E-state index in [-0.39, 0.29) is 37.4 Å². The number of carbonyl (C=O) groups is 6. The highest BCUT2D eigenvalue weighted by atomic mass is 16.6. The first-order valence-corrected chi connectivity index (χ1v) is 15.7. The van der Waals surface area contributed by atoms with Gasteiger partial charge in [0.15, 0.2) is 5.60 Å².